The molecule has 4 atom stereocenters. The van der Waals surface area contributed by atoms with Crippen molar-refractivity contribution in [3.05, 3.63) is 177 Å². The van der Waals surface area contributed by atoms with Crippen molar-refractivity contribution < 1.29 is 60.4 Å². The number of halogens is 4. The number of nitrogens with zero attached hydrogens (tertiary/aromatic N) is 6. The van der Waals surface area contributed by atoms with Crippen LogP contribution >= 0.6 is 0 Å². The van der Waals surface area contributed by atoms with E-state index in [0.29, 0.717) is 54.0 Å². The van der Waals surface area contributed by atoms with E-state index in [-0.39, 0.29) is 49.0 Å². The summed E-state index contributed by atoms with van der Waals surface area (Å²) in [7, 11) is 0. The molecule has 3 heterocycles. The summed E-state index contributed by atoms with van der Waals surface area (Å²) in [5, 5.41) is 32.7. The third-order valence-electron chi connectivity index (χ3n) is 10.4. The minimum Gasteiger partial charge on any atom is -0.474 e. The van der Waals surface area contributed by atoms with Gasteiger partial charge in [0.15, 0.2) is 5.69 Å². The van der Waals surface area contributed by atoms with Crippen molar-refractivity contribution in [3.8, 4) is 23.3 Å². The number of pyridine rings is 2. The summed E-state index contributed by atoms with van der Waals surface area (Å²) in [6.07, 6.45) is 1.91. The van der Waals surface area contributed by atoms with Gasteiger partial charge in [0, 0.05) is 23.3 Å². The van der Waals surface area contributed by atoms with Crippen LogP contribution in [0.15, 0.2) is 128 Å². The first-order chi connectivity index (χ1) is 34.7. The van der Waals surface area contributed by atoms with Gasteiger partial charge in [-0.25, -0.2) is 9.97 Å². The van der Waals surface area contributed by atoms with Crippen LogP contribution in [0.4, 0.5) is 28.9 Å². The fourth-order valence-corrected chi connectivity index (χ4v) is 6.46. The smallest absolute Gasteiger partial charge is 0.301 e. The zero-order chi connectivity index (χ0) is 53.9. The van der Waals surface area contributed by atoms with Crippen LogP contribution in [0.3, 0.4) is 0 Å². The number of nitro groups is 2. The SMILES string of the molecule is C=CCC[C@@H](C)Oc1nc(-c2nnc(C(OCc3ccccc3)C(F)(F)C=C)o2)c([N+](=O)[O-])cc1C.C=CCC[C@@H](C)Oc1nc(C(=O)CNC(=O)C(OCc2ccccc2)C(F)(F)C=C)c([N+](=O)[O-])cc1C. The molecule has 0 aliphatic rings. The molecule has 0 bridgehead atoms. The summed E-state index contributed by atoms with van der Waals surface area (Å²) in [5.41, 5.74) is 0.0201. The van der Waals surface area contributed by atoms with Crippen LogP contribution in [0.2, 0.25) is 0 Å². The van der Waals surface area contributed by atoms with E-state index >= 15 is 0 Å². The molecule has 22 heteroatoms. The fourth-order valence-electron chi connectivity index (χ4n) is 6.46. The summed E-state index contributed by atoms with van der Waals surface area (Å²) >= 11 is 0. The molecule has 73 heavy (non-hydrogen) atoms. The van der Waals surface area contributed by atoms with Crippen molar-refractivity contribution in [2.45, 2.75) is 103 Å². The number of Topliss-reactive ketones (excluding diaryl/α,β-unsaturated/α-hetero) is 1. The van der Waals surface area contributed by atoms with E-state index in [4.69, 9.17) is 23.4 Å². The molecule has 388 valence electrons. The number of aryl methyl sites for hydroxylation is 2. The third kappa shape index (κ3) is 16.5. The Morgan fingerprint density at radius 1 is 0.740 bits per heavy atom. The number of hydrogen-bond donors (Lipinski definition) is 1. The number of carbonyl (C=O) groups is 2. The molecule has 0 aliphatic carbocycles. The number of benzene rings is 2. The average molecular weight is 1020 g/mol. The van der Waals surface area contributed by atoms with Gasteiger partial charge in [0.2, 0.25) is 35.4 Å². The first-order valence-electron chi connectivity index (χ1n) is 22.5. The molecule has 5 rings (SSSR count). The van der Waals surface area contributed by atoms with Crippen LogP contribution < -0.4 is 14.8 Å². The standard InChI is InChI=1S/C26H29F2N3O6.C25H26F2N4O5/c1-5-7-11-18(4)37-25-17(3)14-20(31(34)35)22(30-25)21(32)15-29-24(33)23(26(27,28)6-2)36-16-19-12-9-8-10-13-19;1-5-7-11-17(4)35-22-16(3)14-19(31(32)33)20(28-22)23-29-30-24(36-23)21(25(26,27)6-2)34-15-18-12-9-8-10-13-18/h5-6,8-10,12-14,18,23H,1-2,7,11,15-16H2,3-4H3,(H,29,33);5-6,8-10,12-14,17,21H,1-2,7,11,15H2,3-4H3/t18-,23?;17-,21?/m11/s1. The second kappa shape index (κ2) is 27.0. The van der Waals surface area contributed by atoms with Crippen molar-refractivity contribution in [1.29, 1.82) is 0 Å². The maximum absolute atomic E-state index is 14.7. The van der Waals surface area contributed by atoms with Gasteiger partial charge in [-0.3, -0.25) is 29.8 Å². The molecule has 0 aliphatic heterocycles. The molecule has 0 spiro atoms. The van der Waals surface area contributed by atoms with E-state index in [1.807, 2.05) is 6.92 Å². The van der Waals surface area contributed by atoms with Crippen molar-refractivity contribution >= 4 is 23.1 Å². The number of aromatic nitrogens is 4. The minimum atomic E-state index is -3.75. The van der Waals surface area contributed by atoms with Gasteiger partial charge in [-0.2, -0.15) is 17.6 Å². The van der Waals surface area contributed by atoms with Gasteiger partial charge in [-0.15, -0.1) is 23.4 Å². The van der Waals surface area contributed by atoms with E-state index in [2.05, 4.69) is 51.8 Å². The highest BCUT2D eigenvalue weighted by molar-refractivity contribution is 6.01. The number of hydrogen-bond acceptors (Lipinski definition) is 15. The molecule has 3 aromatic heterocycles. The molecule has 0 radical (unpaired) electrons. The zero-order valence-electron chi connectivity index (χ0n) is 40.5. The lowest BCUT2D eigenvalue weighted by Crippen LogP contribution is -2.48. The van der Waals surface area contributed by atoms with Crippen molar-refractivity contribution in [2.24, 2.45) is 0 Å². The molecule has 0 saturated heterocycles. The molecule has 1 amide bonds. The number of ketones is 1. The monoisotopic (exact) mass is 1020 g/mol. The number of rotatable bonds is 28. The molecule has 2 unspecified atom stereocenters. The molecule has 5 aromatic rings. The highest BCUT2D eigenvalue weighted by atomic mass is 19.3. The Hall–Kier alpha value is -7.98. The van der Waals surface area contributed by atoms with Gasteiger partial charge in [0.25, 0.3) is 23.4 Å². The number of ether oxygens (including phenoxy) is 4. The highest BCUT2D eigenvalue weighted by Crippen LogP contribution is 2.39. The number of amides is 1. The van der Waals surface area contributed by atoms with Gasteiger partial charge in [-0.05, 0) is 76.7 Å². The Balaban J connectivity index is 0.000000317. The topological polar surface area (TPSA) is 234 Å². The van der Waals surface area contributed by atoms with Crippen LogP contribution in [-0.4, -0.2) is 78.4 Å². The zero-order valence-corrected chi connectivity index (χ0v) is 40.5. The van der Waals surface area contributed by atoms with Gasteiger partial charge in [0.05, 0.1) is 41.8 Å². The summed E-state index contributed by atoms with van der Waals surface area (Å²) in [4.78, 5) is 55.4. The van der Waals surface area contributed by atoms with Crippen LogP contribution in [0.1, 0.15) is 84.3 Å². The first-order valence-corrected chi connectivity index (χ1v) is 22.5. The maximum atomic E-state index is 14.7. The normalized spacial score (nSPS) is 12.9. The highest BCUT2D eigenvalue weighted by Gasteiger charge is 2.44. The Morgan fingerprint density at radius 2 is 1.23 bits per heavy atom. The number of nitrogens with one attached hydrogen (secondary N) is 1. The number of carbonyl (C=O) groups excluding carboxylic acids is 2. The molecule has 0 saturated carbocycles. The average Bonchev–Trinajstić information content (AvgIpc) is 3.85. The molecule has 1 N–H and O–H groups in total. The lowest BCUT2D eigenvalue weighted by molar-refractivity contribution is -0.385. The minimum absolute atomic E-state index is 0.0131. The summed E-state index contributed by atoms with van der Waals surface area (Å²) in [6, 6.07) is 19.4. The summed E-state index contributed by atoms with van der Waals surface area (Å²) in [6.45, 7) is 18.9. The van der Waals surface area contributed by atoms with Gasteiger partial charge < -0.3 is 28.7 Å². The number of allylic oxidation sites excluding steroid dienone is 2. The Bertz CT molecular complexity index is 2730. The van der Waals surface area contributed by atoms with E-state index in [9.17, 15) is 47.4 Å². The predicted octanol–water partition coefficient (Wildman–Crippen LogP) is 10.9. The first kappa shape index (κ1) is 57.6. The maximum Gasteiger partial charge on any atom is 0.301 e. The van der Waals surface area contributed by atoms with E-state index in [1.165, 1.54) is 13.0 Å². The lowest BCUT2D eigenvalue weighted by atomic mass is 10.1. The molecule has 18 nitrogen and oxygen atoms in total. The van der Waals surface area contributed by atoms with Gasteiger partial charge in [-0.1, -0.05) is 86.0 Å². The Morgan fingerprint density at radius 3 is 1.73 bits per heavy atom. The molecule has 2 aromatic carbocycles. The summed E-state index contributed by atoms with van der Waals surface area (Å²) in [5.74, 6) is -10.4. The van der Waals surface area contributed by atoms with Crippen molar-refractivity contribution in [3.63, 3.8) is 0 Å². The Labute approximate surface area is 418 Å². The van der Waals surface area contributed by atoms with Crippen molar-refractivity contribution in [2.75, 3.05) is 6.54 Å². The van der Waals surface area contributed by atoms with E-state index in [1.54, 1.807) is 86.7 Å². The largest absolute Gasteiger partial charge is 0.474 e. The van der Waals surface area contributed by atoms with E-state index in [0.717, 1.165) is 6.07 Å². The molecular formula is C51H55F4N7O11. The van der Waals surface area contributed by atoms with Crippen molar-refractivity contribution in [1.82, 2.24) is 25.5 Å². The number of alkyl halides is 4. The van der Waals surface area contributed by atoms with Crippen LogP contribution in [0, 0.1) is 34.1 Å². The predicted molar refractivity (Wildman–Crippen MR) is 260 cm³/mol. The second-order valence-electron chi connectivity index (χ2n) is 16.3. The van der Waals surface area contributed by atoms with Crippen LogP contribution in [-0.2, 0) is 27.5 Å². The lowest BCUT2D eigenvalue weighted by Gasteiger charge is -2.23. The molecule has 0 fully saturated rings. The third-order valence-corrected chi connectivity index (χ3v) is 10.4. The quantitative estimate of drug-likeness (QED) is 0.0161. The fraction of sp³-hybridized carbons (Fsp3) is 0.333. The van der Waals surface area contributed by atoms with Gasteiger partial charge in [0.1, 0.15) is 0 Å². The van der Waals surface area contributed by atoms with Crippen LogP contribution in [0.25, 0.3) is 11.6 Å². The molecular weight excluding hydrogens is 963 g/mol. The second-order valence-corrected chi connectivity index (χ2v) is 16.3. The van der Waals surface area contributed by atoms with Gasteiger partial charge >= 0.3 is 17.5 Å². The van der Waals surface area contributed by atoms with E-state index < -0.39 is 81.0 Å². The van der Waals surface area contributed by atoms with Crippen LogP contribution in [0.5, 0.6) is 11.8 Å². The summed E-state index contributed by atoms with van der Waals surface area (Å²) < 4.78 is 85.7. The Kier molecular flexibility index (Phi) is 21.3.